The molecule has 0 aromatic heterocycles. The van der Waals surface area contributed by atoms with Crippen LogP contribution in [0.3, 0.4) is 0 Å². The molecule has 0 spiro atoms. The Kier molecular flexibility index (Phi) is 5.05. The van der Waals surface area contributed by atoms with Crippen LogP contribution in [0.4, 0.5) is 0 Å². The maximum atomic E-state index is 11.7. The number of thioether (sulfide) groups is 1. The van der Waals surface area contributed by atoms with Crippen LogP contribution >= 0.6 is 11.8 Å². The number of ketones is 1. The molecule has 1 aliphatic heterocycles. The first-order valence-corrected chi connectivity index (χ1v) is 5.68. The Labute approximate surface area is 104 Å². The van der Waals surface area contributed by atoms with E-state index in [0.717, 1.165) is 17.9 Å². The molecule has 0 saturated carbocycles. The summed E-state index contributed by atoms with van der Waals surface area (Å²) >= 11 is 1.77. The average Bonchev–Trinajstić information content (AvgIpc) is 2.72. The number of nitrogens with zero attached hydrogens (tertiary/aromatic N) is 1. The molecule has 0 aliphatic carbocycles. The van der Waals surface area contributed by atoms with Crippen LogP contribution in [-0.4, -0.2) is 34.7 Å². The second-order valence-corrected chi connectivity index (χ2v) is 4.19. The molecule has 2 rings (SSSR count). The van der Waals surface area contributed by atoms with Gasteiger partial charge < -0.3 is 17.0 Å². The van der Waals surface area contributed by atoms with Gasteiger partial charge in [0, 0.05) is 5.56 Å². The first kappa shape index (κ1) is 12.5. The Morgan fingerprint density at radius 1 is 1.33 bits per heavy atom. The normalized spacial score (nSPS) is 14.3. The van der Waals surface area contributed by atoms with Gasteiger partial charge in [-0.2, -0.15) is 0 Å². The van der Waals surface area contributed by atoms with Crippen LogP contribution < -0.4 is 17.0 Å². The van der Waals surface area contributed by atoms with Crippen molar-refractivity contribution in [1.82, 2.24) is 0 Å². The Morgan fingerprint density at radius 3 is 2.67 bits per heavy atom. The molecule has 1 aromatic rings. The molecule has 0 N–H and O–H groups in total. The van der Waals surface area contributed by atoms with Crippen LogP contribution in [-0.2, 0) is 0 Å². The van der Waals surface area contributed by atoms with Gasteiger partial charge in [0.2, 0.25) is 12.3 Å². The highest BCUT2D eigenvalue weighted by Gasteiger charge is 2.16. The summed E-state index contributed by atoms with van der Waals surface area (Å²) in [6.07, 6.45) is 0. The highest BCUT2D eigenvalue weighted by Crippen LogP contribution is 2.05. The van der Waals surface area contributed by atoms with E-state index in [1.54, 1.807) is 11.8 Å². The molecule has 0 unspecified atom stereocenters. The van der Waals surface area contributed by atoms with Crippen LogP contribution in [0.2, 0.25) is 0 Å². The van der Waals surface area contributed by atoms with E-state index >= 15 is 0 Å². The van der Waals surface area contributed by atoms with Gasteiger partial charge in [0.05, 0.1) is 5.75 Å². The number of carbonyl (C=O) groups excluding carboxylic acids is 1. The second kappa shape index (κ2) is 6.08. The molecule has 15 heavy (non-hydrogen) atoms. The van der Waals surface area contributed by atoms with Crippen molar-refractivity contribution in [3.05, 3.63) is 35.9 Å². The predicted octanol–water partition coefficient (Wildman–Crippen LogP) is -1.34. The van der Waals surface area contributed by atoms with E-state index in [4.69, 9.17) is 0 Å². The van der Waals surface area contributed by atoms with Crippen LogP contribution in [0.25, 0.3) is 0 Å². The van der Waals surface area contributed by atoms with E-state index in [-0.39, 0.29) is 22.8 Å². The number of halogens is 1. The van der Waals surface area contributed by atoms with E-state index in [0.29, 0.717) is 6.54 Å². The smallest absolute Gasteiger partial charge is 0.227 e. The zero-order valence-corrected chi connectivity index (χ0v) is 10.6. The lowest BCUT2D eigenvalue weighted by Gasteiger charge is -1.97. The maximum Gasteiger partial charge on any atom is 0.227 e. The Hall–Kier alpha value is -0.610. The summed E-state index contributed by atoms with van der Waals surface area (Å²) in [4.78, 5) is 11.7. The van der Waals surface area contributed by atoms with Gasteiger partial charge in [0.1, 0.15) is 0 Å². The van der Waals surface area contributed by atoms with Crippen LogP contribution in [0.5, 0.6) is 0 Å². The summed E-state index contributed by atoms with van der Waals surface area (Å²) in [6, 6.07) is 9.46. The Morgan fingerprint density at radius 2 is 2.07 bits per heavy atom. The van der Waals surface area contributed by atoms with Gasteiger partial charge in [-0.15, -0.1) is 0 Å². The highest BCUT2D eigenvalue weighted by atomic mass is 79.9. The highest BCUT2D eigenvalue weighted by molar-refractivity contribution is 8.12. The van der Waals surface area contributed by atoms with Crippen LogP contribution in [0.1, 0.15) is 10.4 Å². The van der Waals surface area contributed by atoms with Crippen LogP contribution in [0, 0.1) is 0 Å². The van der Waals surface area contributed by atoms with E-state index in [2.05, 4.69) is 4.58 Å². The number of carbonyl (C=O) groups is 1. The third kappa shape index (κ3) is 3.47. The number of rotatable bonds is 3. The summed E-state index contributed by atoms with van der Waals surface area (Å²) in [5, 5.41) is 0. The van der Waals surface area contributed by atoms with E-state index in [1.165, 1.54) is 0 Å². The maximum absolute atomic E-state index is 11.7. The van der Waals surface area contributed by atoms with Gasteiger partial charge in [0.25, 0.3) is 0 Å². The molecule has 0 amide bonds. The number of Topliss-reactive ketones (excluding diaryl/α,β-unsaturated/α-hetero) is 1. The second-order valence-electron chi connectivity index (χ2n) is 3.24. The van der Waals surface area contributed by atoms with E-state index in [9.17, 15) is 4.79 Å². The van der Waals surface area contributed by atoms with Crippen LogP contribution in [0.15, 0.2) is 30.3 Å². The molecule has 0 bridgehead atoms. The van der Waals surface area contributed by atoms with Crippen molar-refractivity contribution in [1.29, 1.82) is 0 Å². The summed E-state index contributed by atoms with van der Waals surface area (Å²) in [5.41, 5.74) is 2.85. The number of hydrogen-bond acceptors (Lipinski definition) is 2. The molecule has 4 heteroatoms. The fraction of sp³-hybridized carbons (Fsp3) is 0.273. The molecule has 1 heterocycles. The molecule has 0 radical (unpaired) electrons. The third-order valence-corrected chi connectivity index (χ3v) is 3.03. The Balaban J connectivity index is 0.00000112. The van der Waals surface area contributed by atoms with Gasteiger partial charge in [-0.3, -0.25) is 4.79 Å². The van der Waals surface area contributed by atoms with Crippen molar-refractivity contribution < 1.29 is 26.4 Å². The fourth-order valence-corrected chi connectivity index (χ4v) is 2.23. The quantitative estimate of drug-likeness (QED) is 0.506. The average molecular weight is 286 g/mol. The SMILES string of the molecule is O=C(C[N+]1=CSCC1)c1ccccc1.[Br-]. The largest absolute Gasteiger partial charge is 1.00 e. The van der Waals surface area contributed by atoms with Crippen molar-refractivity contribution in [2.24, 2.45) is 0 Å². The minimum absolute atomic E-state index is 0. The zero-order valence-electron chi connectivity index (χ0n) is 8.23. The summed E-state index contributed by atoms with van der Waals surface area (Å²) < 4.78 is 2.07. The summed E-state index contributed by atoms with van der Waals surface area (Å²) in [7, 11) is 0. The molecule has 0 fully saturated rings. The minimum atomic E-state index is 0. The van der Waals surface area contributed by atoms with Crippen molar-refractivity contribution >= 4 is 23.1 Å². The first-order valence-electron chi connectivity index (χ1n) is 4.63. The van der Waals surface area contributed by atoms with Crippen molar-refractivity contribution in [3.8, 4) is 0 Å². The molecule has 1 aliphatic rings. The Bertz CT molecular complexity index is 364. The number of benzene rings is 1. The van der Waals surface area contributed by atoms with Gasteiger partial charge in [0.15, 0.2) is 12.1 Å². The van der Waals surface area contributed by atoms with Gasteiger partial charge >= 0.3 is 0 Å². The lowest BCUT2D eigenvalue weighted by atomic mass is 10.1. The monoisotopic (exact) mass is 285 g/mol. The van der Waals surface area contributed by atoms with Gasteiger partial charge in [-0.05, 0) is 0 Å². The van der Waals surface area contributed by atoms with E-state index in [1.807, 2.05) is 35.9 Å². The van der Waals surface area contributed by atoms with Gasteiger partial charge in [-0.1, -0.05) is 42.1 Å². The molecule has 80 valence electrons. The third-order valence-electron chi connectivity index (χ3n) is 2.16. The zero-order chi connectivity index (χ0) is 9.80. The summed E-state index contributed by atoms with van der Waals surface area (Å²) in [5.74, 6) is 1.30. The molecule has 2 nitrogen and oxygen atoms in total. The first-order chi connectivity index (χ1) is 6.86. The summed E-state index contributed by atoms with van der Waals surface area (Å²) in [6.45, 7) is 1.50. The lowest BCUT2D eigenvalue weighted by Crippen LogP contribution is -3.00. The number of hydrogen-bond donors (Lipinski definition) is 0. The molecule has 0 atom stereocenters. The fourth-order valence-electron chi connectivity index (χ4n) is 1.40. The van der Waals surface area contributed by atoms with Gasteiger partial charge in [-0.25, -0.2) is 4.58 Å². The molecular weight excluding hydrogens is 274 g/mol. The van der Waals surface area contributed by atoms with Crippen molar-refractivity contribution in [3.63, 3.8) is 0 Å². The van der Waals surface area contributed by atoms with Crippen molar-refractivity contribution in [2.75, 3.05) is 18.8 Å². The standard InChI is InChI=1S/C11H12NOS.BrH/c13-11(8-12-6-7-14-9-12)10-4-2-1-3-5-10;/h1-5,9H,6-8H2;1H/q+1;/p-1. The molecule has 0 saturated heterocycles. The lowest BCUT2D eigenvalue weighted by molar-refractivity contribution is -0.499. The van der Waals surface area contributed by atoms with E-state index < -0.39 is 0 Å². The minimum Gasteiger partial charge on any atom is -1.00 e. The molecular formula is C11H12BrNOS. The van der Waals surface area contributed by atoms with Crippen molar-refractivity contribution in [2.45, 2.75) is 0 Å². The topological polar surface area (TPSA) is 20.1 Å². The predicted molar refractivity (Wildman–Crippen MR) is 59.3 cm³/mol. The molecule has 1 aromatic carbocycles.